The van der Waals surface area contributed by atoms with E-state index < -0.39 is 0 Å². The van der Waals surface area contributed by atoms with Crippen molar-refractivity contribution in [1.82, 2.24) is 30.5 Å². The number of benzene rings is 1. The molecule has 9 heteroatoms. The number of tetrazole rings is 1. The van der Waals surface area contributed by atoms with E-state index in [2.05, 4.69) is 25.8 Å². The highest BCUT2D eigenvalue weighted by Crippen LogP contribution is 2.26. The van der Waals surface area contributed by atoms with Gasteiger partial charge in [-0.1, -0.05) is 11.8 Å². The molecule has 0 bridgehead atoms. The van der Waals surface area contributed by atoms with E-state index in [1.807, 2.05) is 25.1 Å². The lowest BCUT2D eigenvalue weighted by molar-refractivity contribution is -0.118. The number of amides is 1. The third-order valence-electron chi connectivity index (χ3n) is 3.94. The number of aryl methyl sites for hydroxylation is 2. The molecule has 0 radical (unpaired) electrons. The van der Waals surface area contributed by atoms with Crippen LogP contribution < -0.4 is 10.1 Å². The highest BCUT2D eigenvalue weighted by molar-refractivity contribution is 7.99. The van der Waals surface area contributed by atoms with Crippen molar-refractivity contribution in [2.45, 2.75) is 18.5 Å². The molecule has 0 saturated heterocycles. The van der Waals surface area contributed by atoms with Crippen LogP contribution >= 0.6 is 11.8 Å². The SMILES string of the molecule is COc1ccc2[nH]c(C)c(CCNC(=O)CSc3nnnn3C)c2c1. The average molecular weight is 360 g/mol. The number of rotatable bonds is 7. The second-order valence-electron chi connectivity index (χ2n) is 5.61. The summed E-state index contributed by atoms with van der Waals surface area (Å²) in [5.41, 5.74) is 3.38. The molecule has 1 amide bonds. The molecule has 2 heterocycles. The number of fused-ring (bicyclic) bond motifs is 1. The Morgan fingerprint density at radius 2 is 2.28 bits per heavy atom. The lowest BCUT2D eigenvalue weighted by atomic mass is 10.1. The predicted octanol–water partition coefficient (Wildman–Crippen LogP) is 1.46. The molecule has 0 aliphatic carbocycles. The van der Waals surface area contributed by atoms with Gasteiger partial charge in [0, 0.05) is 30.2 Å². The van der Waals surface area contributed by atoms with Crippen LogP contribution in [0.2, 0.25) is 0 Å². The molecule has 0 fully saturated rings. The molecule has 2 N–H and O–H groups in total. The molecule has 25 heavy (non-hydrogen) atoms. The Morgan fingerprint density at radius 1 is 1.44 bits per heavy atom. The van der Waals surface area contributed by atoms with Crippen LogP contribution in [0.3, 0.4) is 0 Å². The minimum absolute atomic E-state index is 0.0388. The number of methoxy groups -OCH3 is 1. The molecule has 3 aromatic rings. The molecule has 3 rings (SSSR count). The van der Waals surface area contributed by atoms with E-state index >= 15 is 0 Å². The van der Waals surface area contributed by atoms with Crippen molar-refractivity contribution in [3.63, 3.8) is 0 Å². The van der Waals surface area contributed by atoms with Gasteiger partial charge in [-0.15, -0.1) is 5.10 Å². The zero-order valence-electron chi connectivity index (χ0n) is 14.4. The molecule has 1 aromatic carbocycles. The summed E-state index contributed by atoms with van der Waals surface area (Å²) in [4.78, 5) is 15.4. The molecule has 0 spiro atoms. The van der Waals surface area contributed by atoms with Crippen LogP contribution in [-0.4, -0.2) is 50.5 Å². The summed E-state index contributed by atoms with van der Waals surface area (Å²) in [6.07, 6.45) is 0.751. The van der Waals surface area contributed by atoms with Gasteiger partial charge in [0.25, 0.3) is 0 Å². The van der Waals surface area contributed by atoms with Crippen molar-refractivity contribution in [3.05, 3.63) is 29.5 Å². The highest BCUT2D eigenvalue weighted by Gasteiger charge is 2.11. The van der Waals surface area contributed by atoms with Crippen LogP contribution in [0.4, 0.5) is 0 Å². The topological polar surface area (TPSA) is 97.7 Å². The van der Waals surface area contributed by atoms with Crippen LogP contribution in [0.15, 0.2) is 23.4 Å². The Morgan fingerprint density at radius 3 is 3.00 bits per heavy atom. The number of hydrogen-bond acceptors (Lipinski definition) is 6. The number of carbonyl (C=O) groups is 1. The summed E-state index contributed by atoms with van der Waals surface area (Å²) < 4.78 is 6.84. The molecule has 0 aliphatic heterocycles. The van der Waals surface area contributed by atoms with Gasteiger partial charge in [0.1, 0.15) is 5.75 Å². The number of H-pyrrole nitrogens is 1. The van der Waals surface area contributed by atoms with Crippen molar-refractivity contribution in [1.29, 1.82) is 0 Å². The number of nitrogens with zero attached hydrogens (tertiary/aromatic N) is 4. The zero-order valence-corrected chi connectivity index (χ0v) is 15.2. The van der Waals surface area contributed by atoms with Crippen molar-refractivity contribution in [3.8, 4) is 5.75 Å². The van der Waals surface area contributed by atoms with Crippen molar-refractivity contribution < 1.29 is 9.53 Å². The predicted molar refractivity (Wildman–Crippen MR) is 95.8 cm³/mol. The Kier molecular flexibility index (Phi) is 5.22. The number of aromatic amines is 1. The normalized spacial score (nSPS) is 11.0. The molecule has 0 saturated carbocycles. The molecule has 0 unspecified atom stereocenters. The van der Waals surface area contributed by atoms with Crippen molar-refractivity contribution in [2.75, 3.05) is 19.4 Å². The fourth-order valence-electron chi connectivity index (χ4n) is 2.66. The van der Waals surface area contributed by atoms with Gasteiger partial charge in [0.05, 0.1) is 12.9 Å². The molecular weight excluding hydrogens is 340 g/mol. The summed E-state index contributed by atoms with van der Waals surface area (Å²) in [6, 6.07) is 5.96. The number of nitrogens with one attached hydrogen (secondary N) is 2. The van der Waals surface area contributed by atoms with E-state index in [0.717, 1.165) is 28.8 Å². The summed E-state index contributed by atoms with van der Waals surface area (Å²) in [5.74, 6) is 1.07. The van der Waals surface area contributed by atoms with Gasteiger partial charge >= 0.3 is 0 Å². The van der Waals surface area contributed by atoms with Gasteiger partial charge in [0.15, 0.2) is 0 Å². The van der Waals surface area contributed by atoms with Gasteiger partial charge in [0.2, 0.25) is 11.1 Å². The summed E-state index contributed by atoms with van der Waals surface area (Å²) >= 11 is 1.31. The first-order valence-corrected chi connectivity index (χ1v) is 8.84. The molecular formula is C16H20N6O2S. The van der Waals surface area contributed by atoms with Gasteiger partial charge in [-0.05, 0) is 47.5 Å². The maximum atomic E-state index is 12.0. The van der Waals surface area contributed by atoms with Crippen LogP contribution in [0.25, 0.3) is 10.9 Å². The number of aromatic nitrogens is 5. The monoisotopic (exact) mass is 360 g/mol. The molecule has 132 valence electrons. The molecule has 0 atom stereocenters. The second kappa shape index (κ2) is 7.56. The largest absolute Gasteiger partial charge is 0.497 e. The lowest BCUT2D eigenvalue weighted by Gasteiger charge is -2.06. The fraction of sp³-hybridized carbons (Fsp3) is 0.375. The highest BCUT2D eigenvalue weighted by atomic mass is 32.2. The summed E-state index contributed by atoms with van der Waals surface area (Å²) in [7, 11) is 3.40. The summed E-state index contributed by atoms with van der Waals surface area (Å²) in [6.45, 7) is 2.61. The minimum Gasteiger partial charge on any atom is -0.497 e. The Balaban J connectivity index is 1.56. The first kappa shape index (κ1) is 17.3. The van der Waals surface area contributed by atoms with Gasteiger partial charge < -0.3 is 15.0 Å². The van der Waals surface area contributed by atoms with E-state index in [9.17, 15) is 4.79 Å². The van der Waals surface area contributed by atoms with Gasteiger partial charge in [-0.3, -0.25) is 4.79 Å². The van der Waals surface area contributed by atoms with Gasteiger partial charge in [-0.25, -0.2) is 4.68 Å². The van der Waals surface area contributed by atoms with E-state index in [1.165, 1.54) is 17.3 Å². The second-order valence-corrected chi connectivity index (χ2v) is 6.56. The average Bonchev–Trinajstić information content (AvgIpc) is 3.15. The van der Waals surface area contributed by atoms with Crippen LogP contribution in [0.1, 0.15) is 11.3 Å². The zero-order chi connectivity index (χ0) is 17.8. The standard InChI is InChI=1S/C16H20N6O2S/c1-10-12(13-8-11(24-3)4-5-14(13)18-10)6-7-17-15(23)9-25-16-19-20-21-22(16)2/h4-5,8,18H,6-7,9H2,1-3H3,(H,17,23). The summed E-state index contributed by atoms with van der Waals surface area (Å²) in [5, 5.41) is 15.8. The number of hydrogen-bond donors (Lipinski definition) is 2. The Bertz CT molecular complexity index is 888. The molecule has 8 nitrogen and oxygen atoms in total. The Hall–Kier alpha value is -2.55. The number of thioether (sulfide) groups is 1. The third kappa shape index (κ3) is 3.93. The Labute approximate surface area is 149 Å². The quantitative estimate of drug-likeness (QED) is 0.619. The van der Waals surface area contributed by atoms with E-state index in [4.69, 9.17) is 4.74 Å². The molecule has 2 aromatic heterocycles. The van der Waals surface area contributed by atoms with Crippen molar-refractivity contribution in [2.24, 2.45) is 7.05 Å². The first-order chi connectivity index (χ1) is 12.1. The maximum Gasteiger partial charge on any atom is 0.230 e. The first-order valence-electron chi connectivity index (χ1n) is 7.85. The van der Waals surface area contributed by atoms with Gasteiger partial charge in [-0.2, -0.15) is 0 Å². The minimum atomic E-state index is -0.0388. The van der Waals surface area contributed by atoms with Crippen LogP contribution in [-0.2, 0) is 18.3 Å². The number of carbonyl (C=O) groups excluding carboxylic acids is 1. The van der Waals surface area contributed by atoms with E-state index in [0.29, 0.717) is 11.7 Å². The fourth-order valence-corrected chi connectivity index (χ4v) is 3.34. The number of ether oxygens (including phenoxy) is 1. The van der Waals surface area contributed by atoms with E-state index in [1.54, 1.807) is 18.8 Å². The van der Waals surface area contributed by atoms with Crippen LogP contribution in [0, 0.1) is 6.92 Å². The third-order valence-corrected chi connectivity index (χ3v) is 4.95. The lowest BCUT2D eigenvalue weighted by Crippen LogP contribution is -2.27. The van der Waals surface area contributed by atoms with E-state index in [-0.39, 0.29) is 11.7 Å². The smallest absolute Gasteiger partial charge is 0.230 e. The van der Waals surface area contributed by atoms with Crippen molar-refractivity contribution >= 4 is 28.6 Å². The van der Waals surface area contributed by atoms with Crippen LogP contribution in [0.5, 0.6) is 5.75 Å². The molecule has 0 aliphatic rings. The maximum absolute atomic E-state index is 12.0.